The molecule has 1 amide bonds. The topological polar surface area (TPSA) is 55.8 Å². The lowest BCUT2D eigenvalue weighted by atomic mass is 9.86. The van der Waals surface area contributed by atoms with E-state index in [9.17, 15) is 9.59 Å². The van der Waals surface area contributed by atoms with E-state index in [0.717, 1.165) is 45.2 Å². The van der Waals surface area contributed by atoms with E-state index in [2.05, 4.69) is 24.0 Å². The Labute approximate surface area is 157 Å². The van der Waals surface area contributed by atoms with Crippen molar-refractivity contribution < 1.29 is 19.1 Å². The number of hydrogen-bond acceptors (Lipinski definition) is 4. The number of nitrogens with zero attached hydrogens (tertiary/aromatic N) is 1. The standard InChI is InChI=1S/C21H33NO4/c1-3-4-12-25-15(2)26-19(23)8-6-5-7-11-22-14-18-16-9-10-17(13-16)20(18)21(22)24/h9-10,15-18,20H,3-8,11-14H2,1-2H3. The number of ether oxygens (including phenoxy) is 2. The number of carbonyl (C=O) groups excluding carboxylic acids is 2. The van der Waals surface area contributed by atoms with Crippen LogP contribution >= 0.6 is 0 Å². The molecule has 1 saturated heterocycles. The van der Waals surface area contributed by atoms with Crippen molar-refractivity contribution in [2.24, 2.45) is 23.7 Å². The molecular formula is C21H33NO4. The van der Waals surface area contributed by atoms with E-state index < -0.39 is 6.29 Å². The Bertz CT molecular complexity index is 532. The summed E-state index contributed by atoms with van der Waals surface area (Å²) in [4.78, 5) is 26.4. The monoisotopic (exact) mass is 363 g/mol. The molecule has 5 nitrogen and oxygen atoms in total. The summed E-state index contributed by atoms with van der Waals surface area (Å²) >= 11 is 0. The van der Waals surface area contributed by atoms with E-state index >= 15 is 0 Å². The molecule has 1 saturated carbocycles. The zero-order valence-corrected chi connectivity index (χ0v) is 16.2. The van der Waals surface area contributed by atoms with Gasteiger partial charge in [0.05, 0.1) is 6.61 Å². The minimum atomic E-state index is -0.459. The number of rotatable bonds is 11. The summed E-state index contributed by atoms with van der Waals surface area (Å²) in [5, 5.41) is 0. The molecule has 146 valence electrons. The van der Waals surface area contributed by atoms with Gasteiger partial charge < -0.3 is 14.4 Å². The molecule has 0 radical (unpaired) electrons. The average Bonchev–Trinajstić information content (AvgIpc) is 3.29. The molecule has 5 unspecified atom stereocenters. The largest absolute Gasteiger partial charge is 0.436 e. The maximum absolute atomic E-state index is 12.6. The third-order valence-electron chi connectivity index (χ3n) is 6.11. The van der Waals surface area contributed by atoms with Gasteiger partial charge in [0.25, 0.3) is 0 Å². The van der Waals surface area contributed by atoms with Crippen LogP contribution in [0.4, 0.5) is 0 Å². The van der Waals surface area contributed by atoms with Gasteiger partial charge in [0.1, 0.15) is 0 Å². The molecule has 5 atom stereocenters. The minimum Gasteiger partial charge on any atom is -0.436 e. The van der Waals surface area contributed by atoms with E-state index in [1.165, 1.54) is 6.42 Å². The average molecular weight is 363 g/mol. The fraction of sp³-hybridized carbons (Fsp3) is 0.810. The van der Waals surface area contributed by atoms with Crippen molar-refractivity contribution in [1.82, 2.24) is 4.90 Å². The van der Waals surface area contributed by atoms with Crippen LogP contribution in [0.1, 0.15) is 58.8 Å². The summed E-state index contributed by atoms with van der Waals surface area (Å²) in [6, 6.07) is 0. The molecule has 3 aliphatic rings. The van der Waals surface area contributed by atoms with E-state index in [0.29, 0.717) is 36.7 Å². The highest BCUT2D eigenvalue weighted by molar-refractivity contribution is 5.83. The fourth-order valence-corrected chi connectivity index (χ4v) is 4.72. The van der Waals surface area contributed by atoms with Crippen LogP contribution in [-0.4, -0.2) is 42.8 Å². The summed E-state index contributed by atoms with van der Waals surface area (Å²) in [5.74, 6) is 2.12. The van der Waals surface area contributed by atoms with Gasteiger partial charge in [-0.25, -0.2) is 0 Å². The summed E-state index contributed by atoms with van der Waals surface area (Å²) in [6.07, 6.45) is 10.5. The van der Waals surface area contributed by atoms with Crippen molar-refractivity contribution in [1.29, 1.82) is 0 Å². The second-order valence-electron chi connectivity index (χ2n) is 8.01. The van der Waals surface area contributed by atoms with Crippen molar-refractivity contribution >= 4 is 11.9 Å². The lowest BCUT2D eigenvalue weighted by Gasteiger charge is -2.18. The van der Waals surface area contributed by atoms with Gasteiger partial charge in [-0.2, -0.15) is 0 Å². The highest BCUT2D eigenvalue weighted by atomic mass is 16.7. The zero-order chi connectivity index (χ0) is 18.5. The van der Waals surface area contributed by atoms with Crippen LogP contribution in [0.2, 0.25) is 0 Å². The van der Waals surface area contributed by atoms with Gasteiger partial charge in [-0.15, -0.1) is 0 Å². The van der Waals surface area contributed by atoms with E-state index in [-0.39, 0.29) is 11.9 Å². The fourth-order valence-electron chi connectivity index (χ4n) is 4.72. The highest BCUT2D eigenvalue weighted by Crippen LogP contribution is 2.51. The number of hydrogen-bond donors (Lipinski definition) is 0. The van der Waals surface area contributed by atoms with E-state index in [1.807, 2.05) is 0 Å². The van der Waals surface area contributed by atoms with Gasteiger partial charge >= 0.3 is 5.97 Å². The lowest BCUT2D eigenvalue weighted by Crippen LogP contribution is -2.30. The number of amides is 1. The molecule has 5 heteroatoms. The molecular weight excluding hydrogens is 330 g/mol. The first-order chi connectivity index (χ1) is 12.6. The number of carbonyl (C=O) groups is 2. The van der Waals surface area contributed by atoms with Gasteiger partial charge in [0.2, 0.25) is 5.91 Å². The zero-order valence-electron chi connectivity index (χ0n) is 16.2. The molecule has 0 aromatic carbocycles. The summed E-state index contributed by atoms with van der Waals surface area (Å²) in [5.41, 5.74) is 0. The quantitative estimate of drug-likeness (QED) is 0.244. The van der Waals surface area contributed by atoms with Crippen LogP contribution < -0.4 is 0 Å². The van der Waals surface area contributed by atoms with Crippen molar-refractivity contribution in [3.63, 3.8) is 0 Å². The third kappa shape index (κ3) is 4.48. The number of unbranched alkanes of at least 4 members (excludes halogenated alkanes) is 3. The van der Waals surface area contributed by atoms with Crippen LogP contribution in [0.15, 0.2) is 12.2 Å². The smallest absolute Gasteiger partial charge is 0.308 e. The Hall–Kier alpha value is -1.36. The SMILES string of the molecule is CCCCOC(C)OC(=O)CCCCCN1CC2C3C=CC(C3)C2C1=O. The lowest BCUT2D eigenvalue weighted by molar-refractivity contribution is -0.175. The van der Waals surface area contributed by atoms with Gasteiger partial charge in [-0.3, -0.25) is 9.59 Å². The number of likely N-dealkylation sites (tertiary alicyclic amines) is 1. The van der Waals surface area contributed by atoms with Crippen LogP contribution in [0.5, 0.6) is 0 Å². The van der Waals surface area contributed by atoms with E-state index in [4.69, 9.17) is 9.47 Å². The van der Waals surface area contributed by atoms with Crippen LogP contribution in [0.25, 0.3) is 0 Å². The number of esters is 1. The Kier molecular flexibility index (Phi) is 6.74. The first kappa shape index (κ1) is 19.4. The maximum atomic E-state index is 12.6. The van der Waals surface area contributed by atoms with Gasteiger partial charge in [0.15, 0.2) is 6.29 Å². The molecule has 26 heavy (non-hydrogen) atoms. The minimum absolute atomic E-state index is 0.191. The normalized spacial score (nSPS) is 30.1. The van der Waals surface area contributed by atoms with Crippen LogP contribution in [0.3, 0.4) is 0 Å². The summed E-state index contributed by atoms with van der Waals surface area (Å²) < 4.78 is 10.7. The molecule has 2 aliphatic carbocycles. The van der Waals surface area contributed by atoms with Gasteiger partial charge in [0, 0.05) is 25.4 Å². The first-order valence-corrected chi connectivity index (χ1v) is 10.4. The van der Waals surface area contributed by atoms with Gasteiger partial charge in [-0.05, 0) is 50.4 Å². The Morgan fingerprint density at radius 2 is 2.04 bits per heavy atom. The Balaban J connectivity index is 1.25. The molecule has 0 spiro atoms. The molecule has 2 bridgehead atoms. The second kappa shape index (κ2) is 9.03. The maximum Gasteiger partial charge on any atom is 0.308 e. The van der Waals surface area contributed by atoms with Crippen molar-refractivity contribution in [3.8, 4) is 0 Å². The van der Waals surface area contributed by atoms with Crippen molar-refractivity contribution in [2.45, 2.75) is 65.1 Å². The predicted molar refractivity (Wildman–Crippen MR) is 99.2 cm³/mol. The molecule has 0 N–H and O–H groups in total. The molecule has 2 fully saturated rings. The summed E-state index contributed by atoms with van der Waals surface area (Å²) in [6.45, 7) is 6.27. The molecule has 1 heterocycles. The molecule has 0 aromatic rings. The Morgan fingerprint density at radius 3 is 2.81 bits per heavy atom. The highest BCUT2D eigenvalue weighted by Gasteiger charge is 2.53. The second-order valence-corrected chi connectivity index (χ2v) is 8.01. The van der Waals surface area contributed by atoms with Crippen LogP contribution in [-0.2, 0) is 19.1 Å². The summed E-state index contributed by atoms with van der Waals surface area (Å²) in [7, 11) is 0. The van der Waals surface area contributed by atoms with Gasteiger partial charge in [-0.1, -0.05) is 31.9 Å². The molecule has 3 rings (SSSR count). The van der Waals surface area contributed by atoms with Crippen LogP contribution in [0, 0.1) is 23.7 Å². The first-order valence-electron chi connectivity index (χ1n) is 10.4. The molecule has 0 aromatic heterocycles. The van der Waals surface area contributed by atoms with E-state index in [1.54, 1.807) is 6.92 Å². The Morgan fingerprint density at radius 1 is 1.23 bits per heavy atom. The molecule has 1 aliphatic heterocycles. The predicted octanol–water partition coefficient (Wildman–Crippen LogP) is 3.53. The third-order valence-corrected chi connectivity index (χ3v) is 6.11. The number of allylic oxidation sites excluding steroid dienone is 2. The van der Waals surface area contributed by atoms with Crippen molar-refractivity contribution in [3.05, 3.63) is 12.2 Å². The number of fused-ring (bicyclic) bond motifs is 5. The van der Waals surface area contributed by atoms with Crippen molar-refractivity contribution in [2.75, 3.05) is 19.7 Å².